The lowest BCUT2D eigenvalue weighted by Crippen LogP contribution is -2.52. The predicted octanol–water partition coefficient (Wildman–Crippen LogP) is 3.70. The van der Waals surface area contributed by atoms with E-state index in [9.17, 15) is 22.4 Å². The van der Waals surface area contributed by atoms with E-state index in [2.05, 4.69) is 4.72 Å². The van der Waals surface area contributed by atoms with Crippen molar-refractivity contribution in [2.75, 3.05) is 32.7 Å². The average molecular weight is 543 g/mol. The topological polar surface area (TPSA) is 91.7 Å². The second-order valence-corrected chi connectivity index (χ2v) is 12.4. The number of benzene rings is 2. The van der Waals surface area contributed by atoms with Crippen LogP contribution in [0.15, 0.2) is 54.7 Å². The summed E-state index contributed by atoms with van der Waals surface area (Å²) >= 11 is 0. The fraction of sp³-hybridized carbons (Fsp3) is 0.429. The Hall–Kier alpha value is -3.24. The van der Waals surface area contributed by atoms with Crippen molar-refractivity contribution in [2.24, 2.45) is 0 Å². The number of hydrogen-bond donors (Lipinski definition) is 1. The zero-order chi connectivity index (χ0) is 27.6. The monoisotopic (exact) mass is 542 g/mol. The minimum Gasteiger partial charge on any atom is -0.337 e. The zero-order valence-electron chi connectivity index (χ0n) is 22.2. The van der Waals surface area contributed by atoms with Gasteiger partial charge in [0, 0.05) is 55.6 Å². The van der Waals surface area contributed by atoms with Crippen LogP contribution in [0.25, 0.3) is 16.6 Å². The molecule has 2 heterocycles. The fourth-order valence-electron chi connectivity index (χ4n) is 4.55. The molecule has 4 rings (SSSR count). The molecule has 0 radical (unpaired) electrons. The molecule has 1 N–H and O–H groups in total. The fourth-order valence-corrected chi connectivity index (χ4v) is 5.37. The van der Waals surface area contributed by atoms with E-state index in [0.717, 1.165) is 22.2 Å². The van der Waals surface area contributed by atoms with Crippen molar-refractivity contribution in [3.05, 3.63) is 65.9 Å². The summed E-state index contributed by atoms with van der Waals surface area (Å²) in [7, 11) is -3.31. The number of carbonyl (C=O) groups is 2. The van der Waals surface area contributed by atoms with Gasteiger partial charge in [-0.05, 0) is 68.7 Å². The van der Waals surface area contributed by atoms with Crippen LogP contribution in [0.2, 0.25) is 0 Å². The molecule has 2 aromatic carbocycles. The van der Waals surface area contributed by atoms with E-state index in [1.165, 1.54) is 11.8 Å². The van der Waals surface area contributed by atoms with Gasteiger partial charge >= 0.3 is 0 Å². The number of piperazine rings is 1. The van der Waals surface area contributed by atoms with Crippen LogP contribution in [0.1, 0.15) is 49.5 Å². The number of halogens is 1. The molecule has 0 spiro atoms. The third-order valence-electron chi connectivity index (χ3n) is 7.11. The number of hydrogen-bond acceptors (Lipinski definition) is 4. The van der Waals surface area contributed by atoms with E-state index < -0.39 is 27.4 Å². The summed E-state index contributed by atoms with van der Waals surface area (Å²) in [6, 6.07) is 15.6. The number of nitrogens with zero attached hydrogens (tertiary/aromatic N) is 3. The Kier molecular flexibility index (Phi) is 8.22. The number of carbonyl (C=O) groups excluding carboxylic acids is 2. The van der Waals surface area contributed by atoms with Gasteiger partial charge in [-0.15, -0.1) is 0 Å². The van der Waals surface area contributed by atoms with Crippen molar-refractivity contribution in [1.82, 2.24) is 19.1 Å². The first-order valence-corrected chi connectivity index (χ1v) is 14.4. The van der Waals surface area contributed by atoms with Gasteiger partial charge in [0.25, 0.3) is 11.8 Å². The first-order chi connectivity index (χ1) is 18.0. The Balaban J connectivity index is 1.43. The standard InChI is InChI=1S/C28H35FN4O4S/c1-19(2)38(36,37)30-18-20(3)22-5-8-25(9-6-22)33-12-11-23-17-24(7-10-26(23)33)28(35)32-15-13-31(14-16-32)27(34)21(4)29/h5-12,17,19-21,30H,13-16,18H2,1-4H3/t20-,21?/m0/s1. The van der Waals surface area contributed by atoms with Crippen LogP contribution in [0.5, 0.6) is 0 Å². The maximum atomic E-state index is 13.3. The third-order valence-corrected chi connectivity index (χ3v) is 8.92. The molecule has 204 valence electrons. The predicted molar refractivity (Wildman–Crippen MR) is 147 cm³/mol. The van der Waals surface area contributed by atoms with E-state index in [1.54, 1.807) is 24.8 Å². The number of sulfonamides is 1. The van der Waals surface area contributed by atoms with Gasteiger partial charge in [-0.1, -0.05) is 19.1 Å². The average Bonchev–Trinajstić information content (AvgIpc) is 3.34. The second-order valence-electron chi connectivity index (χ2n) is 10.1. The Morgan fingerprint density at radius 3 is 2.16 bits per heavy atom. The van der Waals surface area contributed by atoms with Crippen molar-refractivity contribution < 1.29 is 22.4 Å². The highest BCUT2D eigenvalue weighted by Gasteiger charge is 2.27. The lowest BCUT2D eigenvalue weighted by molar-refractivity contribution is -0.137. The van der Waals surface area contributed by atoms with Crippen LogP contribution in [0.4, 0.5) is 4.39 Å². The largest absolute Gasteiger partial charge is 0.337 e. The molecule has 1 fully saturated rings. The van der Waals surface area contributed by atoms with E-state index in [0.29, 0.717) is 38.3 Å². The highest BCUT2D eigenvalue weighted by atomic mass is 32.2. The highest BCUT2D eigenvalue weighted by Crippen LogP contribution is 2.24. The van der Waals surface area contributed by atoms with Gasteiger partial charge in [0.2, 0.25) is 10.0 Å². The van der Waals surface area contributed by atoms with Crippen molar-refractivity contribution in [1.29, 1.82) is 0 Å². The van der Waals surface area contributed by atoms with Gasteiger partial charge in [-0.2, -0.15) is 0 Å². The first kappa shape index (κ1) is 27.8. The van der Waals surface area contributed by atoms with Crippen molar-refractivity contribution in [3.8, 4) is 5.69 Å². The van der Waals surface area contributed by atoms with Crippen LogP contribution in [0.3, 0.4) is 0 Å². The lowest BCUT2D eigenvalue weighted by atomic mass is 10.0. The molecule has 1 aliphatic heterocycles. The Labute approximate surface area is 223 Å². The maximum absolute atomic E-state index is 13.3. The smallest absolute Gasteiger partial charge is 0.256 e. The van der Waals surface area contributed by atoms with Crippen LogP contribution in [-0.2, 0) is 14.8 Å². The van der Waals surface area contributed by atoms with E-state index >= 15 is 0 Å². The highest BCUT2D eigenvalue weighted by molar-refractivity contribution is 7.90. The van der Waals surface area contributed by atoms with Crippen LogP contribution in [0, 0.1) is 0 Å². The summed E-state index contributed by atoms with van der Waals surface area (Å²) in [4.78, 5) is 28.1. The molecule has 1 saturated heterocycles. The quantitative estimate of drug-likeness (QED) is 0.470. The summed E-state index contributed by atoms with van der Waals surface area (Å²) in [5.41, 5.74) is 3.52. The number of amides is 2. The Morgan fingerprint density at radius 1 is 0.921 bits per heavy atom. The van der Waals surface area contributed by atoms with E-state index in [1.807, 2.05) is 60.2 Å². The second kappa shape index (κ2) is 11.2. The number of fused-ring (bicyclic) bond motifs is 1. The SMILES string of the molecule is CC(F)C(=O)N1CCN(C(=O)c2ccc3c(ccn3-c3ccc([C@@H](C)CNS(=O)(=O)C(C)C)cc3)c2)CC1. The minimum atomic E-state index is -3.31. The molecule has 10 heteroatoms. The minimum absolute atomic E-state index is 0.0212. The summed E-state index contributed by atoms with van der Waals surface area (Å²) in [5, 5.41) is 0.457. The molecular formula is C28H35FN4O4S. The zero-order valence-corrected chi connectivity index (χ0v) is 23.0. The van der Waals surface area contributed by atoms with Gasteiger partial charge in [-0.25, -0.2) is 17.5 Å². The van der Waals surface area contributed by atoms with Gasteiger partial charge in [-0.3, -0.25) is 9.59 Å². The molecule has 1 aromatic heterocycles. The molecule has 8 nitrogen and oxygen atoms in total. The Bertz CT molecular complexity index is 1410. The third kappa shape index (κ3) is 5.91. The number of aromatic nitrogens is 1. The summed E-state index contributed by atoms with van der Waals surface area (Å²) in [5.74, 6) is -0.613. The molecule has 0 aliphatic carbocycles. The number of rotatable bonds is 8. The molecule has 38 heavy (non-hydrogen) atoms. The first-order valence-electron chi connectivity index (χ1n) is 12.9. The van der Waals surface area contributed by atoms with Crippen molar-refractivity contribution in [2.45, 2.75) is 45.0 Å². The summed E-state index contributed by atoms with van der Waals surface area (Å²) < 4.78 is 42.1. The molecule has 2 atom stereocenters. The number of nitrogens with one attached hydrogen (secondary N) is 1. The van der Waals surface area contributed by atoms with Gasteiger partial charge in [0.1, 0.15) is 0 Å². The molecule has 0 saturated carbocycles. The molecular weight excluding hydrogens is 507 g/mol. The maximum Gasteiger partial charge on any atom is 0.256 e. The van der Waals surface area contributed by atoms with Crippen molar-refractivity contribution in [3.63, 3.8) is 0 Å². The van der Waals surface area contributed by atoms with Crippen LogP contribution in [-0.4, -0.2) is 78.7 Å². The van der Waals surface area contributed by atoms with Crippen molar-refractivity contribution >= 4 is 32.7 Å². The molecule has 0 bridgehead atoms. The lowest BCUT2D eigenvalue weighted by Gasteiger charge is -2.35. The van der Waals surface area contributed by atoms with Crippen LogP contribution >= 0.6 is 0 Å². The van der Waals surface area contributed by atoms with Gasteiger partial charge < -0.3 is 14.4 Å². The number of alkyl halides is 1. The van der Waals surface area contributed by atoms with Crippen LogP contribution < -0.4 is 4.72 Å². The van der Waals surface area contributed by atoms with E-state index in [4.69, 9.17) is 0 Å². The van der Waals surface area contributed by atoms with Gasteiger partial charge in [0.05, 0.1) is 10.8 Å². The summed E-state index contributed by atoms with van der Waals surface area (Å²) in [6.45, 7) is 8.28. The normalized spacial score (nSPS) is 16.2. The van der Waals surface area contributed by atoms with E-state index in [-0.39, 0.29) is 11.8 Å². The molecule has 3 aromatic rings. The summed E-state index contributed by atoms with van der Waals surface area (Å²) in [6.07, 6.45) is 0.422. The molecule has 1 unspecified atom stereocenters. The molecule has 2 amide bonds. The Morgan fingerprint density at radius 2 is 1.55 bits per heavy atom. The van der Waals surface area contributed by atoms with Gasteiger partial charge in [0.15, 0.2) is 6.17 Å². The molecule has 1 aliphatic rings.